The summed E-state index contributed by atoms with van der Waals surface area (Å²) in [5, 5.41) is 3.45. The minimum atomic E-state index is -0.519. The van der Waals surface area contributed by atoms with Crippen molar-refractivity contribution in [3.8, 4) is 0 Å². The normalized spacial score (nSPS) is 12.6. The first-order valence-electron chi connectivity index (χ1n) is 5.28. The number of hydrogen-bond donors (Lipinski definition) is 1. The molecule has 0 aliphatic rings. The number of nitrogens with one attached hydrogen (secondary N) is 1. The van der Waals surface area contributed by atoms with Crippen molar-refractivity contribution in [3.05, 3.63) is 34.1 Å². The zero-order valence-electron chi connectivity index (χ0n) is 9.64. The van der Waals surface area contributed by atoms with Crippen LogP contribution in [0.15, 0.2) is 22.7 Å². The molecule has 0 aliphatic carbocycles. The van der Waals surface area contributed by atoms with Gasteiger partial charge in [-0.1, -0.05) is 35.8 Å². The van der Waals surface area contributed by atoms with E-state index in [-0.39, 0.29) is 17.5 Å². The molecule has 0 aliphatic heterocycles. The number of halogens is 3. The lowest BCUT2D eigenvalue weighted by Crippen LogP contribution is -2.40. The van der Waals surface area contributed by atoms with E-state index in [1.54, 1.807) is 12.1 Å². The molecule has 0 aromatic heterocycles. The van der Waals surface area contributed by atoms with E-state index < -0.39 is 11.7 Å². The van der Waals surface area contributed by atoms with Gasteiger partial charge in [-0.25, -0.2) is 4.39 Å². The second kappa shape index (κ2) is 6.50. The Bertz CT molecular complexity index is 389. The molecule has 94 valence electrons. The summed E-state index contributed by atoms with van der Waals surface area (Å²) in [5.41, 5.74) is 0.0547. The smallest absolute Gasteiger partial charge is 0.255 e. The van der Waals surface area contributed by atoms with E-state index in [9.17, 15) is 9.18 Å². The quantitative estimate of drug-likeness (QED) is 0.808. The van der Waals surface area contributed by atoms with Gasteiger partial charge in [-0.15, -0.1) is 0 Å². The summed E-state index contributed by atoms with van der Waals surface area (Å²) in [5.74, 6) is -0.633. The molecule has 1 amide bonds. The minimum absolute atomic E-state index is 0.0194. The molecule has 0 fully saturated rings. The van der Waals surface area contributed by atoms with E-state index in [0.29, 0.717) is 9.80 Å². The number of amides is 1. The van der Waals surface area contributed by atoms with Crippen LogP contribution in [0.4, 0.5) is 4.39 Å². The van der Waals surface area contributed by atoms with Crippen LogP contribution in [0.1, 0.15) is 24.2 Å². The number of rotatable bonds is 4. The van der Waals surface area contributed by atoms with Gasteiger partial charge < -0.3 is 5.32 Å². The summed E-state index contributed by atoms with van der Waals surface area (Å²) >= 11 is 6.52. The molecule has 1 unspecified atom stereocenters. The fraction of sp³-hybridized carbons (Fsp3) is 0.417. The number of benzene rings is 1. The molecular weight excluding hydrogens is 353 g/mol. The van der Waals surface area contributed by atoms with Gasteiger partial charge in [-0.05, 0) is 34.0 Å². The van der Waals surface area contributed by atoms with Crippen molar-refractivity contribution in [2.75, 3.05) is 5.33 Å². The lowest BCUT2D eigenvalue weighted by molar-refractivity contribution is 0.0927. The Labute approximate surface area is 117 Å². The first-order valence-corrected chi connectivity index (χ1v) is 7.19. The van der Waals surface area contributed by atoms with Crippen LogP contribution < -0.4 is 5.32 Å². The van der Waals surface area contributed by atoms with Crippen LogP contribution in [-0.2, 0) is 0 Å². The highest BCUT2D eigenvalue weighted by molar-refractivity contribution is 9.10. The molecule has 1 N–H and O–H groups in total. The third kappa shape index (κ3) is 3.78. The maximum Gasteiger partial charge on any atom is 0.255 e. The number of alkyl halides is 1. The Hall–Kier alpha value is -0.420. The summed E-state index contributed by atoms with van der Waals surface area (Å²) in [4.78, 5) is 12.0. The Morgan fingerprint density at radius 1 is 1.47 bits per heavy atom. The minimum Gasteiger partial charge on any atom is -0.348 e. The second-order valence-corrected chi connectivity index (χ2v) is 5.58. The zero-order chi connectivity index (χ0) is 13.0. The number of hydrogen-bond acceptors (Lipinski definition) is 1. The second-order valence-electron chi connectivity index (χ2n) is 4.07. The van der Waals surface area contributed by atoms with Gasteiger partial charge in [0.25, 0.3) is 5.91 Å². The summed E-state index contributed by atoms with van der Waals surface area (Å²) in [6.07, 6.45) is 0. The van der Waals surface area contributed by atoms with Crippen molar-refractivity contribution >= 4 is 37.8 Å². The molecule has 1 aromatic rings. The monoisotopic (exact) mass is 365 g/mol. The molecule has 0 heterocycles. The molecular formula is C12H14Br2FNO. The van der Waals surface area contributed by atoms with Crippen molar-refractivity contribution in [1.82, 2.24) is 5.32 Å². The van der Waals surface area contributed by atoms with Gasteiger partial charge in [0.15, 0.2) is 0 Å². The molecule has 1 rings (SSSR count). The summed E-state index contributed by atoms with van der Waals surface area (Å²) in [6.45, 7) is 4.01. The largest absolute Gasteiger partial charge is 0.348 e. The maximum atomic E-state index is 13.6. The van der Waals surface area contributed by atoms with E-state index in [1.807, 2.05) is 13.8 Å². The number of carbonyl (C=O) groups excluding carboxylic acids is 1. The topological polar surface area (TPSA) is 29.1 Å². The molecule has 0 spiro atoms. The van der Waals surface area contributed by atoms with Gasteiger partial charge in [0.05, 0.1) is 5.56 Å². The van der Waals surface area contributed by atoms with Gasteiger partial charge in [0, 0.05) is 15.8 Å². The molecule has 2 nitrogen and oxygen atoms in total. The zero-order valence-corrected chi connectivity index (χ0v) is 12.8. The van der Waals surface area contributed by atoms with Crippen LogP contribution >= 0.6 is 31.9 Å². The van der Waals surface area contributed by atoms with Gasteiger partial charge in [-0.2, -0.15) is 0 Å². The predicted octanol–water partition coefficient (Wildman–Crippen LogP) is 3.74. The average Bonchev–Trinajstić information content (AvgIpc) is 2.25. The summed E-state index contributed by atoms with van der Waals surface area (Å²) in [7, 11) is 0. The van der Waals surface area contributed by atoms with Crippen molar-refractivity contribution in [1.29, 1.82) is 0 Å². The fourth-order valence-corrected chi connectivity index (χ4v) is 2.77. The highest BCUT2D eigenvalue weighted by atomic mass is 79.9. The highest BCUT2D eigenvalue weighted by Gasteiger charge is 2.20. The third-order valence-corrected chi connectivity index (χ3v) is 3.84. The van der Waals surface area contributed by atoms with Gasteiger partial charge in [-0.3, -0.25) is 4.79 Å². The van der Waals surface area contributed by atoms with E-state index in [0.717, 1.165) is 0 Å². The Balaban J connectivity index is 2.90. The first-order chi connectivity index (χ1) is 7.97. The number of carbonyl (C=O) groups is 1. The lowest BCUT2D eigenvalue weighted by Gasteiger charge is -2.20. The summed E-state index contributed by atoms with van der Waals surface area (Å²) < 4.78 is 14.0. The Morgan fingerprint density at radius 2 is 2.12 bits per heavy atom. The Morgan fingerprint density at radius 3 is 2.59 bits per heavy atom. The molecule has 17 heavy (non-hydrogen) atoms. The molecule has 5 heteroatoms. The highest BCUT2D eigenvalue weighted by Crippen LogP contribution is 2.20. The fourth-order valence-electron chi connectivity index (χ4n) is 1.34. The van der Waals surface area contributed by atoms with Crippen LogP contribution in [0.25, 0.3) is 0 Å². The van der Waals surface area contributed by atoms with Gasteiger partial charge >= 0.3 is 0 Å². The van der Waals surface area contributed by atoms with E-state index in [1.165, 1.54) is 6.07 Å². The molecule has 1 atom stereocenters. The van der Waals surface area contributed by atoms with Crippen molar-refractivity contribution < 1.29 is 9.18 Å². The van der Waals surface area contributed by atoms with Crippen LogP contribution in [-0.4, -0.2) is 17.3 Å². The maximum absolute atomic E-state index is 13.6. The Kier molecular flexibility index (Phi) is 5.59. The van der Waals surface area contributed by atoms with Crippen LogP contribution in [0, 0.1) is 11.7 Å². The summed E-state index contributed by atoms with van der Waals surface area (Å²) in [6, 6.07) is 4.46. The van der Waals surface area contributed by atoms with E-state index in [2.05, 4.69) is 37.2 Å². The van der Waals surface area contributed by atoms with E-state index >= 15 is 0 Å². The van der Waals surface area contributed by atoms with E-state index in [4.69, 9.17) is 0 Å². The van der Waals surface area contributed by atoms with Gasteiger partial charge in [0.2, 0.25) is 0 Å². The van der Waals surface area contributed by atoms with Crippen molar-refractivity contribution in [2.24, 2.45) is 5.92 Å². The van der Waals surface area contributed by atoms with Crippen molar-refractivity contribution in [3.63, 3.8) is 0 Å². The average molecular weight is 367 g/mol. The predicted molar refractivity (Wildman–Crippen MR) is 74.0 cm³/mol. The molecule has 0 radical (unpaired) electrons. The molecule has 0 saturated heterocycles. The van der Waals surface area contributed by atoms with Gasteiger partial charge in [0.1, 0.15) is 5.82 Å². The van der Waals surface area contributed by atoms with Crippen LogP contribution in [0.2, 0.25) is 0 Å². The third-order valence-electron chi connectivity index (χ3n) is 2.48. The molecule has 0 saturated carbocycles. The SMILES string of the molecule is CC(C)C(CBr)NC(=O)c1c(F)cccc1Br. The van der Waals surface area contributed by atoms with Crippen LogP contribution in [0.5, 0.6) is 0 Å². The van der Waals surface area contributed by atoms with Crippen LogP contribution in [0.3, 0.4) is 0 Å². The standard InChI is InChI=1S/C12H14Br2FNO/c1-7(2)10(6-13)16-12(17)11-8(14)4-3-5-9(11)15/h3-5,7,10H,6H2,1-2H3,(H,16,17). The molecule has 0 bridgehead atoms. The van der Waals surface area contributed by atoms with Crippen molar-refractivity contribution in [2.45, 2.75) is 19.9 Å². The lowest BCUT2D eigenvalue weighted by atomic mass is 10.1. The molecule has 1 aromatic carbocycles. The first kappa shape index (κ1) is 14.6.